The molecular formula is C23H17BrClNO. The molecule has 0 saturated carbocycles. The number of rotatable bonds is 5. The summed E-state index contributed by atoms with van der Waals surface area (Å²) in [6.07, 6.45) is 1.87. The molecule has 0 N–H and O–H groups in total. The molecule has 0 unspecified atom stereocenters. The summed E-state index contributed by atoms with van der Waals surface area (Å²) in [5.74, 6) is 0.746. The second-order valence-corrected chi connectivity index (χ2v) is 7.43. The third-order valence-corrected chi connectivity index (χ3v) is 4.93. The Hall–Kier alpha value is -2.54. The zero-order valence-electron chi connectivity index (χ0n) is 14.7. The molecule has 3 rings (SSSR count). The Labute approximate surface area is 172 Å². The predicted octanol–water partition coefficient (Wildman–Crippen LogP) is 7.05. The fourth-order valence-electron chi connectivity index (χ4n) is 2.55. The Bertz CT molecular complexity index is 1000. The van der Waals surface area contributed by atoms with Crippen LogP contribution in [0, 0.1) is 18.3 Å². The lowest BCUT2D eigenvalue weighted by Gasteiger charge is -2.09. The topological polar surface area (TPSA) is 33.0 Å². The van der Waals surface area contributed by atoms with Crippen LogP contribution in [0.25, 0.3) is 11.6 Å². The van der Waals surface area contributed by atoms with Crippen molar-refractivity contribution < 1.29 is 4.74 Å². The number of nitriles is 1. The van der Waals surface area contributed by atoms with Crippen LogP contribution in [0.3, 0.4) is 0 Å². The number of benzene rings is 3. The third kappa shape index (κ3) is 5.23. The minimum Gasteiger partial charge on any atom is -0.488 e. The van der Waals surface area contributed by atoms with Gasteiger partial charge < -0.3 is 4.74 Å². The molecule has 0 aliphatic carbocycles. The quantitative estimate of drug-likeness (QED) is 0.316. The molecular weight excluding hydrogens is 422 g/mol. The van der Waals surface area contributed by atoms with E-state index in [2.05, 4.69) is 22.0 Å². The summed E-state index contributed by atoms with van der Waals surface area (Å²) in [6, 6.07) is 23.6. The van der Waals surface area contributed by atoms with Gasteiger partial charge in [0.2, 0.25) is 0 Å². The van der Waals surface area contributed by atoms with Gasteiger partial charge in [-0.05, 0) is 69.9 Å². The van der Waals surface area contributed by atoms with Crippen molar-refractivity contribution in [1.82, 2.24) is 0 Å². The lowest BCUT2D eigenvalue weighted by atomic mass is 10.0. The smallest absolute Gasteiger partial charge is 0.134 e. The molecule has 3 aromatic rings. The Kier molecular flexibility index (Phi) is 6.34. The lowest BCUT2D eigenvalue weighted by molar-refractivity contribution is 0.304. The Morgan fingerprint density at radius 3 is 2.41 bits per heavy atom. The molecule has 0 saturated heterocycles. The number of ether oxygens (including phenoxy) is 1. The maximum Gasteiger partial charge on any atom is 0.134 e. The highest BCUT2D eigenvalue weighted by Crippen LogP contribution is 2.29. The molecule has 0 radical (unpaired) electrons. The van der Waals surface area contributed by atoms with Gasteiger partial charge in [-0.1, -0.05) is 59.6 Å². The summed E-state index contributed by atoms with van der Waals surface area (Å²) in [6.45, 7) is 2.48. The summed E-state index contributed by atoms with van der Waals surface area (Å²) in [7, 11) is 0. The fraction of sp³-hybridized carbons (Fsp3) is 0.0870. The average Bonchev–Trinajstić information content (AvgIpc) is 2.67. The van der Waals surface area contributed by atoms with Gasteiger partial charge in [-0.25, -0.2) is 0 Å². The zero-order chi connectivity index (χ0) is 19.2. The standard InChI is InChI=1S/C23H17BrClNO/c1-16-2-7-19(8-3-16)20(14-26)12-18-6-11-23(22(24)13-18)27-15-17-4-9-21(25)10-5-17/h2-13H,15H2,1H3/b20-12-. The molecule has 0 aliphatic heterocycles. The number of allylic oxidation sites excluding steroid dienone is 1. The zero-order valence-corrected chi connectivity index (χ0v) is 17.1. The van der Waals surface area contributed by atoms with E-state index in [1.807, 2.05) is 79.7 Å². The first kappa shape index (κ1) is 19.2. The molecule has 0 fully saturated rings. The van der Waals surface area contributed by atoms with E-state index >= 15 is 0 Å². The first-order valence-corrected chi connectivity index (χ1v) is 9.58. The maximum absolute atomic E-state index is 9.50. The van der Waals surface area contributed by atoms with Crippen molar-refractivity contribution in [3.8, 4) is 11.8 Å². The SMILES string of the molecule is Cc1ccc(/C(C#N)=C\c2ccc(OCc3ccc(Cl)cc3)c(Br)c2)cc1. The van der Waals surface area contributed by atoms with Crippen LogP contribution in [-0.2, 0) is 6.61 Å². The summed E-state index contributed by atoms with van der Waals surface area (Å²) < 4.78 is 6.71. The molecule has 4 heteroatoms. The van der Waals surface area contributed by atoms with Gasteiger partial charge in [0, 0.05) is 5.02 Å². The third-order valence-electron chi connectivity index (χ3n) is 4.06. The van der Waals surface area contributed by atoms with E-state index in [4.69, 9.17) is 16.3 Å². The van der Waals surface area contributed by atoms with Crippen LogP contribution in [-0.4, -0.2) is 0 Å². The minimum absolute atomic E-state index is 0.456. The summed E-state index contributed by atoms with van der Waals surface area (Å²) >= 11 is 9.45. The van der Waals surface area contributed by atoms with Crippen molar-refractivity contribution in [2.45, 2.75) is 13.5 Å². The number of aryl methyl sites for hydroxylation is 1. The van der Waals surface area contributed by atoms with Crippen LogP contribution in [0.2, 0.25) is 5.02 Å². The van der Waals surface area contributed by atoms with Crippen LogP contribution in [0.1, 0.15) is 22.3 Å². The number of nitrogens with zero attached hydrogens (tertiary/aromatic N) is 1. The maximum atomic E-state index is 9.50. The van der Waals surface area contributed by atoms with E-state index in [0.717, 1.165) is 26.9 Å². The molecule has 0 bridgehead atoms. The molecule has 0 heterocycles. The van der Waals surface area contributed by atoms with Gasteiger partial charge in [-0.2, -0.15) is 5.26 Å². The molecule has 0 spiro atoms. The van der Waals surface area contributed by atoms with Crippen LogP contribution in [0.4, 0.5) is 0 Å². The van der Waals surface area contributed by atoms with Gasteiger partial charge in [-0.3, -0.25) is 0 Å². The highest BCUT2D eigenvalue weighted by atomic mass is 79.9. The fourth-order valence-corrected chi connectivity index (χ4v) is 3.18. The molecule has 0 atom stereocenters. The van der Waals surface area contributed by atoms with E-state index < -0.39 is 0 Å². The molecule has 134 valence electrons. The van der Waals surface area contributed by atoms with Crippen LogP contribution >= 0.6 is 27.5 Å². The van der Waals surface area contributed by atoms with E-state index in [-0.39, 0.29) is 0 Å². The van der Waals surface area contributed by atoms with Gasteiger partial charge in [0.15, 0.2) is 0 Å². The van der Waals surface area contributed by atoms with Gasteiger partial charge in [-0.15, -0.1) is 0 Å². The molecule has 0 aliphatic rings. The van der Waals surface area contributed by atoms with Gasteiger partial charge in [0.25, 0.3) is 0 Å². The number of hydrogen-bond acceptors (Lipinski definition) is 2. The highest BCUT2D eigenvalue weighted by molar-refractivity contribution is 9.10. The van der Waals surface area contributed by atoms with Crippen molar-refractivity contribution in [2.24, 2.45) is 0 Å². The average molecular weight is 439 g/mol. The van der Waals surface area contributed by atoms with E-state index in [1.54, 1.807) is 0 Å². The predicted molar refractivity (Wildman–Crippen MR) is 115 cm³/mol. The Morgan fingerprint density at radius 2 is 1.78 bits per heavy atom. The summed E-state index contributed by atoms with van der Waals surface area (Å²) in [5.41, 5.74) is 4.67. The lowest BCUT2D eigenvalue weighted by Crippen LogP contribution is -1.96. The van der Waals surface area contributed by atoms with Crippen molar-refractivity contribution >= 4 is 39.2 Å². The Morgan fingerprint density at radius 1 is 1.07 bits per heavy atom. The minimum atomic E-state index is 0.456. The second kappa shape index (κ2) is 8.90. The van der Waals surface area contributed by atoms with Crippen molar-refractivity contribution in [3.05, 3.63) is 98.5 Å². The number of hydrogen-bond donors (Lipinski definition) is 0. The van der Waals surface area contributed by atoms with Crippen molar-refractivity contribution in [1.29, 1.82) is 5.26 Å². The highest BCUT2D eigenvalue weighted by Gasteiger charge is 2.05. The van der Waals surface area contributed by atoms with Gasteiger partial charge in [0.05, 0.1) is 16.1 Å². The Balaban J connectivity index is 1.76. The van der Waals surface area contributed by atoms with Crippen LogP contribution in [0.5, 0.6) is 5.75 Å². The molecule has 0 amide bonds. The molecule has 0 aromatic heterocycles. The van der Waals surface area contributed by atoms with E-state index in [1.165, 1.54) is 5.56 Å². The van der Waals surface area contributed by atoms with Gasteiger partial charge >= 0.3 is 0 Å². The first-order chi connectivity index (χ1) is 13.0. The van der Waals surface area contributed by atoms with Crippen molar-refractivity contribution in [2.75, 3.05) is 0 Å². The first-order valence-electron chi connectivity index (χ1n) is 8.41. The second-order valence-electron chi connectivity index (χ2n) is 6.14. The normalized spacial score (nSPS) is 11.1. The van der Waals surface area contributed by atoms with Crippen LogP contribution < -0.4 is 4.74 Å². The van der Waals surface area contributed by atoms with Gasteiger partial charge in [0.1, 0.15) is 12.4 Å². The van der Waals surface area contributed by atoms with E-state index in [9.17, 15) is 5.26 Å². The van der Waals surface area contributed by atoms with E-state index in [0.29, 0.717) is 17.2 Å². The molecule has 3 aromatic carbocycles. The number of halogens is 2. The summed E-state index contributed by atoms with van der Waals surface area (Å²) in [4.78, 5) is 0. The molecule has 2 nitrogen and oxygen atoms in total. The van der Waals surface area contributed by atoms with Crippen LogP contribution in [0.15, 0.2) is 71.2 Å². The largest absolute Gasteiger partial charge is 0.488 e. The monoisotopic (exact) mass is 437 g/mol. The van der Waals surface area contributed by atoms with Crippen molar-refractivity contribution in [3.63, 3.8) is 0 Å². The summed E-state index contributed by atoms with van der Waals surface area (Å²) in [5, 5.41) is 10.2. The molecule has 27 heavy (non-hydrogen) atoms.